The Bertz CT molecular complexity index is 758. The van der Waals surface area contributed by atoms with Crippen LogP contribution in [0.3, 0.4) is 0 Å². The van der Waals surface area contributed by atoms with Gasteiger partial charge < -0.3 is 9.72 Å². The summed E-state index contributed by atoms with van der Waals surface area (Å²) in [6, 6.07) is 8.82. The van der Waals surface area contributed by atoms with Crippen molar-refractivity contribution >= 4 is 29.5 Å². The number of aromatic nitrogens is 2. The molecule has 0 aliphatic heterocycles. The molecule has 0 fully saturated rings. The van der Waals surface area contributed by atoms with E-state index in [1.54, 1.807) is 36.9 Å². The lowest BCUT2D eigenvalue weighted by Gasteiger charge is -2.07. The number of hydrogen-bond donors (Lipinski definition) is 1. The van der Waals surface area contributed by atoms with Gasteiger partial charge in [-0.05, 0) is 29.9 Å². The van der Waals surface area contributed by atoms with E-state index < -0.39 is 0 Å². The Kier molecular flexibility index (Phi) is 7.58. The predicted octanol–water partition coefficient (Wildman–Crippen LogP) is 3.88. The summed E-state index contributed by atoms with van der Waals surface area (Å²) in [6.45, 7) is 6.38. The lowest BCUT2D eigenvalue weighted by molar-refractivity contribution is 0.0526. The molecule has 0 radical (unpaired) electrons. The van der Waals surface area contributed by atoms with Crippen LogP contribution in [0.1, 0.15) is 42.4 Å². The molecule has 7 heteroatoms. The molecule has 1 aromatic carbocycles. The summed E-state index contributed by atoms with van der Waals surface area (Å²) >= 11 is 3.22. The first-order valence-electron chi connectivity index (χ1n) is 8.08. The average molecular weight is 379 g/mol. The molecule has 25 heavy (non-hydrogen) atoms. The van der Waals surface area contributed by atoms with E-state index in [0.717, 1.165) is 17.0 Å². The molecule has 0 aliphatic carbocycles. The second-order valence-electron chi connectivity index (χ2n) is 5.61. The van der Waals surface area contributed by atoms with Gasteiger partial charge in [-0.3, -0.25) is 4.79 Å². The molecular formula is C18H22N2O3S2. The fourth-order valence-electron chi connectivity index (χ4n) is 1.98. The molecule has 134 valence electrons. The molecule has 1 N–H and O–H groups in total. The lowest BCUT2D eigenvalue weighted by atomic mass is 10.1. The van der Waals surface area contributed by atoms with Crippen LogP contribution in [0.5, 0.6) is 0 Å². The number of esters is 1. The van der Waals surface area contributed by atoms with E-state index in [1.165, 1.54) is 11.8 Å². The number of carbonyl (C=O) groups excluding carboxylic acids is 1. The van der Waals surface area contributed by atoms with E-state index in [2.05, 4.69) is 23.8 Å². The highest BCUT2D eigenvalue weighted by Crippen LogP contribution is 2.21. The molecule has 0 unspecified atom stereocenters. The normalized spacial score (nSPS) is 10.9. The average Bonchev–Trinajstić information content (AvgIpc) is 2.58. The zero-order valence-electron chi connectivity index (χ0n) is 14.6. The van der Waals surface area contributed by atoms with Crippen molar-refractivity contribution in [3.63, 3.8) is 0 Å². The van der Waals surface area contributed by atoms with E-state index in [0.29, 0.717) is 28.3 Å². The molecule has 0 saturated heterocycles. The van der Waals surface area contributed by atoms with Gasteiger partial charge >= 0.3 is 5.97 Å². The smallest absolute Gasteiger partial charge is 0.338 e. The first-order chi connectivity index (χ1) is 12.0. The zero-order valence-corrected chi connectivity index (χ0v) is 16.2. The van der Waals surface area contributed by atoms with Gasteiger partial charge in [-0.1, -0.05) is 37.7 Å². The SMILES string of the molecule is CCOC(=O)c1ccc(CSc2nc(CSC(C)C)cc(=O)[nH]2)cc1. The van der Waals surface area contributed by atoms with E-state index in [-0.39, 0.29) is 11.5 Å². The van der Waals surface area contributed by atoms with Gasteiger partial charge in [0.25, 0.3) is 5.56 Å². The van der Waals surface area contributed by atoms with Crippen molar-refractivity contribution in [3.8, 4) is 0 Å². The quantitative estimate of drug-likeness (QED) is 0.427. The number of nitrogens with one attached hydrogen (secondary N) is 1. The third-order valence-corrected chi connectivity index (χ3v) is 5.25. The summed E-state index contributed by atoms with van der Waals surface area (Å²) in [5.41, 5.74) is 2.25. The Labute approximate surface area is 156 Å². The predicted molar refractivity (Wildman–Crippen MR) is 103 cm³/mol. The summed E-state index contributed by atoms with van der Waals surface area (Å²) in [5.74, 6) is 1.07. The molecular weight excluding hydrogens is 356 g/mol. The number of ether oxygens (including phenoxy) is 1. The van der Waals surface area contributed by atoms with Gasteiger partial charge in [0.05, 0.1) is 17.9 Å². The summed E-state index contributed by atoms with van der Waals surface area (Å²) in [6.07, 6.45) is 0. The molecule has 0 amide bonds. The van der Waals surface area contributed by atoms with Gasteiger partial charge in [-0.2, -0.15) is 11.8 Å². The highest BCUT2D eigenvalue weighted by molar-refractivity contribution is 7.99. The number of hydrogen-bond acceptors (Lipinski definition) is 6. The fourth-order valence-corrected chi connectivity index (χ4v) is 3.48. The molecule has 0 spiro atoms. The van der Waals surface area contributed by atoms with E-state index >= 15 is 0 Å². The fraction of sp³-hybridized carbons (Fsp3) is 0.389. The number of H-pyrrole nitrogens is 1. The number of nitrogens with zero attached hydrogens (tertiary/aromatic N) is 1. The topological polar surface area (TPSA) is 72.0 Å². The Morgan fingerprint density at radius 1 is 1.24 bits per heavy atom. The summed E-state index contributed by atoms with van der Waals surface area (Å²) in [4.78, 5) is 30.7. The van der Waals surface area contributed by atoms with E-state index in [4.69, 9.17) is 4.74 Å². The number of aromatic amines is 1. The monoisotopic (exact) mass is 378 g/mol. The number of thioether (sulfide) groups is 2. The largest absolute Gasteiger partial charge is 0.462 e. The van der Waals surface area contributed by atoms with E-state index in [1.807, 2.05) is 12.1 Å². The molecule has 0 bridgehead atoms. The van der Waals surface area contributed by atoms with Gasteiger partial charge in [0.15, 0.2) is 5.16 Å². The Morgan fingerprint density at radius 3 is 2.60 bits per heavy atom. The van der Waals surface area contributed by atoms with Crippen LogP contribution in [0.15, 0.2) is 40.3 Å². The number of benzene rings is 1. The minimum atomic E-state index is -0.317. The number of rotatable bonds is 8. The Hall–Kier alpha value is -1.73. The summed E-state index contributed by atoms with van der Waals surface area (Å²) < 4.78 is 4.97. The highest BCUT2D eigenvalue weighted by atomic mass is 32.2. The van der Waals surface area contributed by atoms with Crippen LogP contribution in [-0.4, -0.2) is 27.8 Å². The maximum atomic E-state index is 11.8. The van der Waals surface area contributed by atoms with Crippen LogP contribution in [0, 0.1) is 0 Å². The Balaban J connectivity index is 1.98. The molecule has 0 saturated carbocycles. The van der Waals surface area contributed by atoms with Gasteiger partial charge in [-0.15, -0.1) is 0 Å². The second-order valence-corrected chi connectivity index (χ2v) is 8.14. The molecule has 1 aromatic heterocycles. The van der Waals surface area contributed by atoms with Crippen molar-refractivity contribution in [2.75, 3.05) is 6.61 Å². The first-order valence-corrected chi connectivity index (χ1v) is 10.1. The second kappa shape index (κ2) is 9.68. The third kappa shape index (κ3) is 6.59. The third-order valence-electron chi connectivity index (χ3n) is 3.18. The minimum absolute atomic E-state index is 0.130. The first kappa shape index (κ1) is 19.6. The highest BCUT2D eigenvalue weighted by Gasteiger charge is 2.07. The molecule has 0 aliphatic rings. The number of carbonyl (C=O) groups is 1. The van der Waals surface area contributed by atoms with Crippen molar-refractivity contribution in [1.29, 1.82) is 0 Å². The maximum absolute atomic E-state index is 11.8. The molecule has 2 rings (SSSR count). The lowest BCUT2D eigenvalue weighted by Crippen LogP contribution is -2.10. The van der Waals surface area contributed by atoms with Gasteiger partial charge in [0.2, 0.25) is 0 Å². The van der Waals surface area contributed by atoms with Crippen molar-refractivity contribution in [3.05, 3.63) is 57.5 Å². The van der Waals surface area contributed by atoms with Crippen LogP contribution < -0.4 is 5.56 Å². The minimum Gasteiger partial charge on any atom is -0.462 e. The zero-order chi connectivity index (χ0) is 18.2. The van der Waals surface area contributed by atoms with Crippen LogP contribution >= 0.6 is 23.5 Å². The van der Waals surface area contributed by atoms with Crippen molar-refractivity contribution < 1.29 is 9.53 Å². The Morgan fingerprint density at radius 2 is 1.96 bits per heavy atom. The van der Waals surface area contributed by atoms with Gasteiger partial charge in [-0.25, -0.2) is 9.78 Å². The van der Waals surface area contributed by atoms with Crippen LogP contribution in [0.4, 0.5) is 0 Å². The van der Waals surface area contributed by atoms with Crippen molar-refractivity contribution in [1.82, 2.24) is 9.97 Å². The van der Waals surface area contributed by atoms with Crippen LogP contribution in [0.2, 0.25) is 0 Å². The summed E-state index contributed by atoms with van der Waals surface area (Å²) in [5, 5.41) is 1.11. The van der Waals surface area contributed by atoms with Crippen LogP contribution in [-0.2, 0) is 16.2 Å². The molecule has 5 nitrogen and oxygen atoms in total. The van der Waals surface area contributed by atoms with Gasteiger partial charge in [0, 0.05) is 17.6 Å². The van der Waals surface area contributed by atoms with Crippen molar-refractivity contribution in [2.24, 2.45) is 0 Å². The maximum Gasteiger partial charge on any atom is 0.338 e. The molecule has 0 atom stereocenters. The molecule has 1 heterocycles. The molecule has 2 aromatic rings. The standard InChI is InChI=1S/C18H22N2O3S2/c1-4-23-17(22)14-7-5-13(6-8-14)10-25-18-19-15(9-16(21)20-18)11-24-12(2)3/h5-9,12H,4,10-11H2,1-3H3,(H,19,20,21). The van der Waals surface area contributed by atoms with Gasteiger partial charge in [0.1, 0.15) is 0 Å². The van der Waals surface area contributed by atoms with Crippen molar-refractivity contribution in [2.45, 2.75) is 42.7 Å². The van der Waals surface area contributed by atoms with E-state index in [9.17, 15) is 9.59 Å². The summed E-state index contributed by atoms with van der Waals surface area (Å²) in [7, 11) is 0. The van der Waals surface area contributed by atoms with Crippen LogP contribution in [0.25, 0.3) is 0 Å².